The Kier molecular flexibility index (Phi) is 5.82. The van der Waals surface area contributed by atoms with Gasteiger partial charge in [-0.1, -0.05) is 26.8 Å². The van der Waals surface area contributed by atoms with Crippen LogP contribution in [0.5, 0.6) is 5.75 Å². The minimum Gasteiger partial charge on any atom is -0.505 e. The molecule has 10 nitrogen and oxygen atoms in total. The number of aliphatic imine (C=N–C) groups is 1. The lowest BCUT2D eigenvalue weighted by atomic mass is 9.92. The largest absolute Gasteiger partial charge is 0.505 e. The van der Waals surface area contributed by atoms with Crippen LogP contribution in [0.2, 0.25) is 0 Å². The standard InChI is InChI=1S/C22H22N5O5S2/c1-22(2,3)9-10-27-21(30)15(18(28)17(25-27)13-7-5-11-33-13)20-24-16-12(19(23)29)6-4-8-14(16)34(31,32)26-20/h5-8,11,28H,9-10H2,1-3H3,(H2,23,29)(H,24,26). The number of fused-ring (bicyclic) bond motifs is 1. The Morgan fingerprint density at radius 1 is 1.32 bits per heavy atom. The molecule has 1 aliphatic rings. The highest BCUT2D eigenvalue weighted by atomic mass is 32.2. The second-order valence-electron chi connectivity index (χ2n) is 8.90. The van der Waals surface area contributed by atoms with Crippen LogP contribution in [0.15, 0.2) is 44.3 Å². The van der Waals surface area contributed by atoms with Gasteiger partial charge in [0, 0.05) is 6.54 Å². The minimum absolute atomic E-state index is 0.113. The van der Waals surface area contributed by atoms with Crippen molar-refractivity contribution in [2.75, 3.05) is 0 Å². The molecule has 177 valence electrons. The molecule has 2 aromatic heterocycles. The molecule has 0 saturated heterocycles. The van der Waals surface area contributed by atoms with Crippen LogP contribution in [0, 0.1) is 11.5 Å². The first kappa shape index (κ1) is 23.6. The molecular weight excluding hydrogens is 478 g/mol. The van der Waals surface area contributed by atoms with Crippen LogP contribution < -0.4 is 16.0 Å². The van der Waals surface area contributed by atoms with Crippen LogP contribution in [-0.4, -0.2) is 35.0 Å². The summed E-state index contributed by atoms with van der Waals surface area (Å²) in [6, 6.07) is 8.41. The van der Waals surface area contributed by atoms with E-state index in [1.807, 2.05) is 20.8 Å². The maximum Gasteiger partial charge on any atom is 0.281 e. The topological polar surface area (TPSA) is 157 Å². The zero-order chi connectivity index (χ0) is 24.8. The van der Waals surface area contributed by atoms with Gasteiger partial charge in [-0.15, -0.1) is 11.3 Å². The summed E-state index contributed by atoms with van der Waals surface area (Å²) in [5, 5.41) is 17.2. The average Bonchev–Trinajstić information content (AvgIpc) is 3.26. The molecule has 3 heterocycles. The van der Waals surface area contributed by atoms with Crippen LogP contribution >= 0.6 is 11.3 Å². The molecule has 0 aliphatic carbocycles. The third-order valence-corrected chi connectivity index (χ3v) is 7.36. The predicted octanol–water partition coefficient (Wildman–Crippen LogP) is 2.38. The third-order valence-electron chi connectivity index (χ3n) is 5.14. The van der Waals surface area contributed by atoms with Gasteiger partial charge in [-0.25, -0.2) is 18.1 Å². The molecule has 0 fully saturated rings. The number of carbonyl (C=O) groups is 1. The summed E-state index contributed by atoms with van der Waals surface area (Å²) in [6.45, 7) is 6.26. The normalized spacial score (nSPS) is 14.7. The zero-order valence-electron chi connectivity index (χ0n) is 18.6. The summed E-state index contributed by atoms with van der Waals surface area (Å²) < 4.78 is 29.3. The quantitative estimate of drug-likeness (QED) is 0.488. The first-order chi connectivity index (χ1) is 15.9. The molecule has 34 heavy (non-hydrogen) atoms. The number of aromatic nitrogens is 2. The van der Waals surface area contributed by atoms with E-state index in [0.29, 0.717) is 11.3 Å². The molecular formula is C22H22N5O5S2. The third kappa shape index (κ3) is 4.33. The van der Waals surface area contributed by atoms with Gasteiger partial charge >= 0.3 is 0 Å². The number of hydrogen-bond acceptors (Lipinski definition) is 8. The molecule has 1 aromatic carbocycles. The lowest BCUT2D eigenvalue weighted by Crippen LogP contribution is -2.40. The monoisotopic (exact) mass is 500 g/mol. The summed E-state index contributed by atoms with van der Waals surface area (Å²) in [7, 11) is -4.24. The van der Waals surface area contributed by atoms with Crippen molar-refractivity contribution in [2.24, 2.45) is 16.1 Å². The number of nitrogens with two attached hydrogens (primary N) is 1. The van der Waals surface area contributed by atoms with Gasteiger partial charge in [0.2, 0.25) is 0 Å². The Labute approximate surface area is 199 Å². The van der Waals surface area contributed by atoms with Crippen molar-refractivity contribution < 1.29 is 18.3 Å². The first-order valence-corrected chi connectivity index (χ1v) is 12.6. The van der Waals surface area contributed by atoms with Gasteiger partial charge in [0.05, 0.1) is 16.1 Å². The molecule has 12 heteroatoms. The highest BCUT2D eigenvalue weighted by Gasteiger charge is 2.33. The molecule has 0 saturated carbocycles. The molecule has 1 amide bonds. The van der Waals surface area contributed by atoms with Gasteiger partial charge in [0.1, 0.15) is 16.2 Å². The number of thiophene rings is 1. The highest BCUT2D eigenvalue weighted by molar-refractivity contribution is 7.90. The van der Waals surface area contributed by atoms with E-state index in [1.165, 1.54) is 22.1 Å². The molecule has 4 rings (SSSR count). The Hall–Kier alpha value is -3.51. The Bertz CT molecular complexity index is 1480. The molecule has 0 unspecified atom stereocenters. The fourth-order valence-electron chi connectivity index (χ4n) is 3.35. The van der Waals surface area contributed by atoms with E-state index in [4.69, 9.17) is 5.73 Å². The summed E-state index contributed by atoms with van der Waals surface area (Å²) in [5.74, 6) is -1.85. The van der Waals surface area contributed by atoms with Gasteiger partial charge in [0.25, 0.3) is 21.5 Å². The summed E-state index contributed by atoms with van der Waals surface area (Å²) >= 11 is 1.30. The van der Waals surface area contributed by atoms with Crippen molar-refractivity contribution in [2.45, 2.75) is 38.6 Å². The maximum atomic E-state index is 13.4. The number of amidine groups is 1. The van der Waals surface area contributed by atoms with Crippen molar-refractivity contribution >= 4 is 38.8 Å². The molecule has 1 radical (unpaired) electrons. The molecule has 0 spiro atoms. The zero-order valence-corrected chi connectivity index (χ0v) is 20.2. The number of sulfonamides is 1. The van der Waals surface area contributed by atoms with Crippen molar-refractivity contribution in [3.05, 3.63) is 57.2 Å². The molecule has 4 N–H and O–H groups in total. The number of hydrogen-bond donors (Lipinski definition) is 3. The predicted molar refractivity (Wildman–Crippen MR) is 128 cm³/mol. The fraction of sp³-hybridized carbons (Fsp3) is 0.273. The van der Waals surface area contributed by atoms with Gasteiger partial charge < -0.3 is 10.8 Å². The second kappa shape index (κ2) is 8.37. The maximum absolute atomic E-state index is 13.4. The summed E-state index contributed by atoms with van der Waals surface area (Å²) in [6.07, 6.45) is 0.594. The minimum atomic E-state index is -4.24. The van der Waals surface area contributed by atoms with Crippen LogP contribution in [0.3, 0.4) is 0 Å². The Morgan fingerprint density at radius 3 is 2.68 bits per heavy atom. The van der Waals surface area contributed by atoms with Crippen LogP contribution in [-0.2, 0) is 16.6 Å². The lowest BCUT2D eigenvalue weighted by molar-refractivity contribution is 0.100. The van der Waals surface area contributed by atoms with Crippen LogP contribution in [0.25, 0.3) is 10.6 Å². The van der Waals surface area contributed by atoms with Gasteiger partial charge in [-0.3, -0.25) is 14.3 Å². The van der Waals surface area contributed by atoms with Crippen molar-refractivity contribution in [3.63, 3.8) is 0 Å². The number of nitrogens with one attached hydrogen (secondary N) is 1. The number of rotatable bonds is 5. The van der Waals surface area contributed by atoms with Crippen molar-refractivity contribution in [1.29, 1.82) is 0 Å². The highest BCUT2D eigenvalue weighted by Crippen LogP contribution is 2.36. The van der Waals surface area contributed by atoms with E-state index >= 15 is 0 Å². The van der Waals surface area contributed by atoms with E-state index in [9.17, 15) is 23.1 Å². The summed E-state index contributed by atoms with van der Waals surface area (Å²) in [4.78, 5) is 29.8. The average molecular weight is 501 g/mol. The van der Waals surface area contributed by atoms with Gasteiger partial charge in [0.15, 0.2) is 11.6 Å². The number of carbonyl (C=O) groups excluding carboxylic acids is 1. The molecule has 0 atom stereocenters. The van der Waals surface area contributed by atoms with E-state index in [0.717, 1.165) is 6.07 Å². The Balaban J connectivity index is 2.00. The number of primary amides is 1. The van der Waals surface area contributed by atoms with E-state index < -0.39 is 33.1 Å². The fourth-order valence-corrected chi connectivity index (χ4v) is 5.21. The molecule has 1 aliphatic heterocycles. The van der Waals surface area contributed by atoms with E-state index in [-0.39, 0.29) is 39.4 Å². The van der Waals surface area contributed by atoms with Crippen LogP contribution in [0.4, 0.5) is 5.69 Å². The van der Waals surface area contributed by atoms with Crippen LogP contribution in [0.1, 0.15) is 43.1 Å². The Morgan fingerprint density at radius 2 is 2.06 bits per heavy atom. The second-order valence-corrected chi connectivity index (χ2v) is 11.5. The summed E-state index contributed by atoms with van der Waals surface area (Å²) in [5.41, 5.74) is 3.89. The molecule has 0 bridgehead atoms. The van der Waals surface area contributed by atoms with Crippen molar-refractivity contribution in [3.8, 4) is 16.3 Å². The number of amides is 1. The van der Waals surface area contributed by atoms with Crippen molar-refractivity contribution in [1.82, 2.24) is 14.5 Å². The molecule has 3 aromatic rings. The lowest BCUT2D eigenvalue weighted by Gasteiger charge is -2.22. The van der Waals surface area contributed by atoms with Gasteiger partial charge in [-0.2, -0.15) is 5.10 Å². The van der Waals surface area contributed by atoms with E-state index in [2.05, 4.69) is 20.9 Å². The smallest absolute Gasteiger partial charge is 0.281 e. The number of benzene rings is 1. The number of aryl methyl sites for hydroxylation is 1. The SMILES string of the molecule is CC(C)(C)CCn1nc(-c2cccs2)c(O)c(C2=Nc3c(C(N)=O)c[c]cc3S(=O)(=O)N2)c1=O. The van der Waals surface area contributed by atoms with Gasteiger partial charge in [-0.05, 0) is 41.5 Å². The van der Waals surface area contributed by atoms with E-state index in [1.54, 1.807) is 17.5 Å². The number of nitrogens with zero attached hydrogens (tertiary/aromatic N) is 3. The first-order valence-electron chi connectivity index (χ1n) is 10.2. The number of aromatic hydroxyl groups is 1.